The van der Waals surface area contributed by atoms with Gasteiger partial charge in [-0.15, -0.1) is 0 Å². The molecule has 1 unspecified atom stereocenters. The Kier molecular flexibility index (Phi) is 5.39. The lowest BCUT2D eigenvalue weighted by Gasteiger charge is -2.13. The lowest BCUT2D eigenvalue weighted by molar-refractivity contribution is -0.123. The zero-order valence-corrected chi connectivity index (χ0v) is 15.6. The predicted molar refractivity (Wildman–Crippen MR) is 103 cm³/mol. The number of para-hydroxylation sites is 1. The van der Waals surface area contributed by atoms with Gasteiger partial charge in [0, 0.05) is 11.1 Å². The number of anilines is 1. The lowest BCUT2D eigenvalue weighted by atomic mass is 10.2. The number of nitrogens with zero attached hydrogens (tertiary/aromatic N) is 1. The maximum absolute atomic E-state index is 12.3. The average molecular weight is 399 g/mol. The molecule has 0 aliphatic carbocycles. The van der Waals surface area contributed by atoms with Gasteiger partial charge < -0.3 is 10.1 Å². The van der Waals surface area contributed by atoms with Crippen molar-refractivity contribution < 1.29 is 22.7 Å². The number of pyridine rings is 1. The van der Waals surface area contributed by atoms with E-state index in [1.165, 1.54) is 37.3 Å². The molecule has 0 saturated heterocycles. The van der Waals surface area contributed by atoms with Crippen LogP contribution in [-0.4, -0.2) is 31.4 Å². The number of nitrogens with one attached hydrogen (secondary N) is 1. The van der Waals surface area contributed by atoms with Crippen molar-refractivity contribution in [2.24, 2.45) is 5.14 Å². The number of sulfonamides is 1. The molecule has 0 fully saturated rings. The third kappa shape index (κ3) is 4.51. The van der Waals surface area contributed by atoms with Crippen LogP contribution in [0, 0.1) is 0 Å². The van der Waals surface area contributed by atoms with Crippen LogP contribution >= 0.6 is 0 Å². The van der Waals surface area contributed by atoms with Gasteiger partial charge in [0.1, 0.15) is 5.69 Å². The molecule has 3 aromatic rings. The van der Waals surface area contributed by atoms with Gasteiger partial charge in [-0.2, -0.15) is 0 Å². The van der Waals surface area contributed by atoms with Crippen molar-refractivity contribution in [3.8, 4) is 0 Å². The minimum absolute atomic E-state index is 0.0765. The standard InChI is InChI=1S/C19H17N3O5S/c1-12(18(23)21-14-7-9-15(10-8-14)28(20,25)26)27-19(24)17-11-6-13-4-2-3-5-16(13)22-17/h2-12H,1H3,(H,21,23)(H2,20,25,26). The molecule has 1 heterocycles. The number of benzene rings is 2. The van der Waals surface area contributed by atoms with Gasteiger partial charge in [0.15, 0.2) is 6.10 Å². The summed E-state index contributed by atoms with van der Waals surface area (Å²) < 4.78 is 27.6. The Morgan fingerprint density at radius 3 is 2.39 bits per heavy atom. The number of amides is 1. The molecule has 144 valence electrons. The Bertz CT molecular complexity index is 1140. The van der Waals surface area contributed by atoms with Crippen molar-refractivity contribution in [3.05, 3.63) is 66.4 Å². The van der Waals surface area contributed by atoms with E-state index >= 15 is 0 Å². The molecule has 9 heteroatoms. The summed E-state index contributed by atoms with van der Waals surface area (Å²) in [5.74, 6) is -1.30. The Morgan fingerprint density at radius 2 is 1.71 bits per heavy atom. The molecule has 0 aliphatic heterocycles. The van der Waals surface area contributed by atoms with E-state index in [-0.39, 0.29) is 10.6 Å². The van der Waals surface area contributed by atoms with E-state index < -0.39 is 28.0 Å². The first-order chi connectivity index (χ1) is 13.2. The van der Waals surface area contributed by atoms with Crippen LogP contribution in [0.4, 0.5) is 5.69 Å². The molecule has 0 saturated carbocycles. The van der Waals surface area contributed by atoms with Gasteiger partial charge in [0.2, 0.25) is 10.0 Å². The Morgan fingerprint density at radius 1 is 1.04 bits per heavy atom. The smallest absolute Gasteiger partial charge is 0.357 e. The summed E-state index contributed by atoms with van der Waals surface area (Å²) >= 11 is 0. The second-order valence-corrected chi connectivity index (χ2v) is 7.56. The van der Waals surface area contributed by atoms with E-state index in [4.69, 9.17) is 9.88 Å². The summed E-state index contributed by atoms with van der Waals surface area (Å²) in [5, 5.41) is 8.44. The van der Waals surface area contributed by atoms with Crippen molar-refractivity contribution in [2.45, 2.75) is 17.9 Å². The number of esters is 1. The molecule has 1 amide bonds. The fraction of sp³-hybridized carbons (Fsp3) is 0.105. The molecule has 3 rings (SSSR count). The number of primary sulfonamides is 1. The molecule has 0 spiro atoms. The summed E-state index contributed by atoms with van der Waals surface area (Å²) in [5.41, 5.74) is 1.07. The first kappa shape index (κ1) is 19.5. The SMILES string of the molecule is CC(OC(=O)c1ccc2ccccc2n1)C(=O)Nc1ccc(S(N)(=O)=O)cc1. The van der Waals surface area contributed by atoms with Crippen LogP contribution in [0.15, 0.2) is 65.6 Å². The number of fused-ring (bicyclic) bond motifs is 1. The largest absolute Gasteiger partial charge is 0.448 e. The van der Waals surface area contributed by atoms with Gasteiger partial charge >= 0.3 is 5.97 Å². The number of rotatable bonds is 5. The van der Waals surface area contributed by atoms with Gasteiger partial charge in [-0.1, -0.05) is 24.3 Å². The summed E-state index contributed by atoms with van der Waals surface area (Å²) in [6.45, 7) is 1.42. The Labute approximate surface area is 161 Å². The van der Waals surface area contributed by atoms with E-state index in [1.807, 2.05) is 18.2 Å². The highest BCUT2D eigenvalue weighted by atomic mass is 32.2. The van der Waals surface area contributed by atoms with Gasteiger partial charge in [0.25, 0.3) is 5.91 Å². The van der Waals surface area contributed by atoms with Crippen LogP contribution < -0.4 is 10.5 Å². The van der Waals surface area contributed by atoms with Crippen LogP contribution in [0.1, 0.15) is 17.4 Å². The summed E-state index contributed by atoms with van der Waals surface area (Å²) in [4.78, 5) is 28.6. The lowest BCUT2D eigenvalue weighted by Crippen LogP contribution is -2.30. The van der Waals surface area contributed by atoms with Crippen LogP contribution in [0.2, 0.25) is 0 Å². The van der Waals surface area contributed by atoms with Gasteiger partial charge in [-0.25, -0.2) is 23.3 Å². The number of hydrogen-bond donors (Lipinski definition) is 2. The minimum atomic E-state index is -3.82. The fourth-order valence-corrected chi connectivity index (χ4v) is 2.94. The van der Waals surface area contributed by atoms with Gasteiger partial charge in [0.05, 0.1) is 10.4 Å². The molecule has 8 nitrogen and oxygen atoms in total. The van der Waals surface area contributed by atoms with E-state index in [2.05, 4.69) is 10.3 Å². The quantitative estimate of drug-likeness (QED) is 0.632. The molecule has 2 aromatic carbocycles. The number of nitrogens with two attached hydrogens (primary N) is 1. The van der Waals surface area contributed by atoms with Crippen molar-refractivity contribution in [1.29, 1.82) is 0 Å². The predicted octanol–water partition coefficient (Wildman–Crippen LogP) is 2.07. The maximum Gasteiger partial charge on any atom is 0.357 e. The molecule has 0 bridgehead atoms. The Balaban J connectivity index is 1.65. The van der Waals surface area contributed by atoms with E-state index in [0.29, 0.717) is 11.2 Å². The monoisotopic (exact) mass is 399 g/mol. The molecule has 0 radical (unpaired) electrons. The zero-order chi connectivity index (χ0) is 20.3. The normalized spacial score (nSPS) is 12.4. The fourth-order valence-electron chi connectivity index (χ4n) is 2.43. The first-order valence-corrected chi connectivity index (χ1v) is 9.79. The highest BCUT2D eigenvalue weighted by Crippen LogP contribution is 2.15. The molecule has 1 aromatic heterocycles. The summed E-state index contributed by atoms with van der Waals surface area (Å²) in [6, 6.07) is 15.9. The highest BCUT2D eigenvalue weighted by Gasteiger charge is 2.20. The molecule has 3 N–H and O–H groups in total. The minimum Gasteiger partial charge on any atom is -0.448 e. The van der Waals surface area contributed by atoms with E-state index in [0.717, 1.165) is 5.39 Å². The van der Waals surface area contributed by atoms with Crippen molar-refractivity contribution in [2.75, 3.05) is 5.32 Å². The third-order valence-electron chi connectivity index (χ3n) is 3.91. The second kappa shape index (κ2) is 7.75. The molecule has 0 aliphatic rings. The second-order valence-electron chi connectivity index (χ2n) is 6.00. The van der Waals surface area contributed by atoms with Crippen molar-refractivity contribution >= 4 is 38.5 Å². The van der Waals surface area contributed by atoms with Gasteiger partial charge in [-0.05, 0) is 43.3 Å². The molecular weight excluding hydrogens is 382 g/mol. The third-order valence-corrected chi connectivity index (χ3v) is 4.84. The Hall–Kier alpha value is -3.30. The molecule has 28 heavy (non-hydrogen) atoms. The number of hydrogen-bond acceptors (Lipinski definition) is 6. The number of ether oxygens (including phenoxy) is 1. The number of carbonyl (C=O) groups is 2. The van der Waals surface area contributed by atoms with Crippen molar-refractivity contribution in [3.63, 3.8) is 0 Å². The van der Waals surface area contributed by atoms with Crippen molar-refractivity contribution in [1.82, 2.24) is 4.98 Å². The first-order valence-electron chi connectivity index (χ1n) is 8.24. The van der Waals surface area contributed by atoms with E-state index in [9.17, 15) is 18.0 Å². The molecular formula is C19H17N3O5S. The van der Waals surface area contributed by atoms with Crippen LogP contribution in [0.5, 0.6) is 0 Å². The maximum atomic E-state index is 12.3. The number of carbonyl (C=O) groups excluding carboxylic acids is 2. The molecule has 1 atom stereocenters. The zero-order valence-electron chi connectivity index (χ0n) is 14.8. The average Bonchev–Trinajstić information content (AvgIpc) is 2.67. The van der Waals surface area contributed by atoms with E-state index in [1.54, 1.807) is 12.1 Å². The van der Waals surface area contributed by atoms with Gasteiger partial charge in [-0.3, -0.25) is 4.79 Å². The summed E-state index contributed by atoms with van der Waals surface area (Å²) in [7, 11) is -3.82. The van der Waals surface area contributed by atoms with Crippen LogP contribution in [0.3, 0.4) is 0 Å². The topological polar surface area (TPSA) is 128 Å². The van der Waals surface area contributed by atoms with Crippen LogP contribution in [0.25, 0.3) is 10.9 Å². The highest BCUT2D eigenvalue weighted by molar-refractivity contribution is 7.89. The summed E-state index contributed by atoms with van der Waals surface area (Å²) in [6.07, 6.45) is -1.08. The van der Waals surface area contributed by atoms with Crippen LogP contribution in [-0.2, 0) is 19.6 Å². The number of aromatic nitrogens is 1.